The highest BCUT2D eigenvalue weighted by molar-refractivity contribution is 5.47. The minimum Gasteiger partial charge on any atom is -0.496 e. The molecule has 0 spiro atoms. The number of rotatable bonds is 2. The fourth-order valence-corrected chi connectivity index (χ4v) is 3.73. The summed E-state index contributed by atoms with van der Waals surface area (Å²) in [7, 11) is 5.85. The summed E-state index contributed by atoms with van der Waals surface area (Å²) in [5.74, 6) is 0.993. The Morgan fingerprint density at radius 1 is 0.541 bits per heavy atom. The van der Waals surface area contributed by atoms with Crippen molar-refractivity contribution in [2.75, 3.05) is 26.1 Å². The fraction of sp³-hybridized carbons (Fsp3) is 0.486. The third kappa shape index (κ3) is 11.0. The fourth-order valence-electron chi connectivity index (χ4n) is 3.73. The predicted octanol–water partition coefficient (Wildman–Crippen LogP) is 9.64. The number of hydrogen-bond acceptors (Lipinski definition) is 2. The Morgan fingerprint density at radius 3 is 1.30 bits per heavy atom. The second-order valence-corrected chi connectivity index (χ2v) is 13.3. The molecule has 0 saturated carbocycles. The van der Waals surface area contributed by atoms with E-state index in [1.54, 1.807) is 7.11 Å². The molecule has 0 fully saturated rings. The third-order valence-electron chi connectivity index (χ3n) is 6.33. The zero-order valence-electron chi connectivity index (χ0n) is 26.2. The van der Waals surface area contributed by atoms with E-state index in [1.807, 2.05) is 0 Å². The van der Waals surface area contributed by atoms with Crippen LogP contribution >= 0.6 is 0 Å². The van der Waals surface area contributed by atoms with Crippen molar-refractivity contribution in [3.63, 3.8) is 0 Å². The number of methoxy groups -OCH3 is 1. The molecule has 0 heterocycles. The Bertz CT molecular complexity index is 1070. The highest BCUT2D eigenvalue weighted by Crippen LogP contribution is 2.31. The lowest BCUT2D eigenvalue weighted by molar-refractivity contribution is 0.397. The van der Waals surface area contributed by atoms with Crippen molar-refractivity contribution in [2.45, 2.75) is 92.4 Å². The average molecular weight is 504 g/mol. The van der Waals surface area contributed by atoms with Gasteiger partial charge >= 0.3 is 0 Å². The zero-order valence-corrected chi connectivity index (χ0v) is 26.2. The van der Waals surface area contributed by atoms with Crippen molar-refractivity contribution in [3.05, 3.63) is 94.5 Å². The van der Waals surface area contributed by atoms with E-state index in [0.29, 0.717) is 0 Å². The lowest BCUT2D eigenvalue weighted by atomic mass is 9.86. The van der Waals surface area contributed by atoms with Crippen LogP contribution in [0.15, 0.2) is 66.7 Å². The van der Waals surface area contributed by atoms with Crippen LogP contribution in [0, 0.1) is 13.8 Å². The van der Waals surface area contributed by atoms with Gasteiger partial charge in [0.2, 0.25) is 0 Å². The minimum atomic E-state index is 0.152. The smallest absolute Gasteiger partial charge is 0.122 e. The molecule has 0 bridgehead atoms. The molecule has 0 aliphatic carbocycles. The first kappa shape index (κ1) is 32.3. The van der Waals surface area contributed by atoms with Gasteiger partial charge in [-0.2, -0.15) is 0 Å². The molecule has 2 heteroatoms. The molecule has 3 rings (SSSR count). The van der Waals surface area contributed by atoms with Crippen LogP contribution in [0.25, 0.3) is 0 Å². The zero-order chi connectivity index (χ0) is 28.6. The van der Waals surface area contributed by atoms with E-state index in [2.05, 4.69) is 162 Å². The number of aryl methyl sites for hydroxylation is 2. The number of hydrogen-bond donors (Lipinski definition) is 0. The highest BCUT2D eigenvalue weighted by Gasteiger charge is 2.18. The summed E-state index contributed by atoms with van der Waals surface area (Å²) in [5, 5.41) is 0. The van der Waals surface area contributed by atoms with E-state index < -0.39 is 0 Å². The second kappa shape index (κ2) is 13.2. The topological polar surface area (TPSA) is 12.5 Å². The highest BCUT2D eigenvalue weighted by atomic mass is 16.5. The maximum absolute atomic E-state index is 5.35. The van der Waals surface area contributed by atoms with Gasteiger partial charge in [-0.1, -0.05) is 116 Å². The molecule has 3 aromatic carbocycles. The molecular weight excluding hydrogens is 450 g/mol. The van der Waals surface area contributed by atoms with E-state index in [4.69, 9.17) is 4.74 Å². The minimum absolute atomic E-state index is 0.152. The van der Waals surface area contributed by atoms with Gasteiger partial charge in [0.1, 0.15) is 5.75 Å². The van der Waals surface area contributed by atoms with E-state index in [1.165, 1.54) is 33.5 Å². The number of nitrogens with zero attached hydrogens (tertiary/aromatic N) is 1. The molecule has 0 atom stereocenters. The van der Waals surface area contributed by atoms with Gasteiger partial charge in [0.05, 0.1) is 7.11 Å². The van der Waals surface area contributed by atoms with Gasteiger partial charge in [-0.05, 0) is 70.5 Å². The van der Waals surface area contributed by atoms with Crippen molar-refractivity contribution in [1.82, 2.24) is 0 Å². The lowest BCUT2D eigenvalue weighted by Gasteiger charge is -2.22. The molecule has 0 aromatic heterocycles. The summed E-state index contributed by atoms with van der Waals surface area (Å²) in [6, 6.07) is 23.8. The normalized spacial score (nSPS) is 11.5. The van der Waals surface area contributed by atoms with E-state index in [-0.39, 0.29) is 16.2 Å². The molecule has 0 amide bonds. The van der Waals surface area contributed by atoms with Crippen LogP contribution in [0.5, 0.6) is 5.75 Å². The van der Waals surface area contributed by atoms with Gasteiger partial charge in [0, 0.05) is 19.8 Å². The quantitative estimate of drug-likeness (QED) is 0.345. The van der Waals surface area contributed by atoms with Crippen LogP contribution in [0.4, 0.5) is 5.69 Å². The first-order chi connectivity index (χ1) is 16.9. The van der Waals surface area contributed by atoms with Crippen molar-refractivity contribution in [1.29, 1.82) is 0 Å². The van der Waals surface area contributed by atoms with Crippen molar-refractivity contribution in [2.24, 2.45) is 0 Å². The maximum Gasteiger partial charge on any atom is 0.122 e. The SMILES string of the molecule is CN(C)c1ccc(C(C)(C)C)cc1.COc1cc(C)ccc1C(C)(C)C.Cc1ccc(C(C)(C)C)cc1. The second-order valence-electron chi connectivity index (χ2n) is 13.3. The molecular formula is C35H53NO. The molecule has 0 N–H and O–H groups in total. The number of benzene rings is 3. The number of ether oxygens (including phenoxy) is 1. The van der Waals surface area contributed by atoms with Crippen LogP contribution in [-0.4, -0.2) is 21.2 Å². The number of anilines is 1. The van der Waals surface area contributed by atoms with Crippen molar-refractivity contribution >= 4 is 5.69 Å². The third-order valence-corrected chi connectivity index (χ3v) is 6.33. The maximum atomic E-state index is 5.35. The van der Waals surface area contributed by atoms with Gasteiger partial charge < -0.3 is 9.64 Å². The van der Waals surface area contributed by atoms with Crippen molar-refractivity contribution in [3.8, 4) is 5.75 Å². The molecule has 0 radical (unpaired) electrons. The summed E-state index contributed by atoms with van der Waals surface area (Å²) in [6.45, 7) is 24.2. The Balaban J connectivity index is 0.000000279. The predicted molar refractivity (Wildman–Crippen MR) is 166 cm³/mol. The Kier molecular flexibility index (Phi) is 11.5. The standard InChI is InChI=1S/C12H19N.C12H18O.C11H16/c1-12(2,3)10-6-8-11(9-7-10)13(4)5;1-9-6-7-10(12(2,3)4)11(8-9)13-5;1-9-5-7-10(8-6-9)11(2,3)4/h6-9H,1-5H3;6-8H,1-5H3;5-8H,1-4H3. The first-order valence-corrected chi connectivity index (χ1v) is 13.4. The molecule has 204 valence electrons. The van der Waals surface area contributed by atoms with Crippen LogP contribution in [0.3, 0.4) is 0 Å². The van der Waals surface area contributed by atoms with Crippen LogP contribution < -0.4 is 9.64 Å². The summed E-state index contributed by atoms with van der Waals surface area (Å²) < 4.78 is 5.35. The van der Waals surface area contributed by atoms with Gasteiger partial charge in [-0.15, -0.1) is 0 Å². The Morgan fingerprint density at radius 2 is 0.946 bits per heavy atom. The molecule has 0 aliphatic rings. The Hall–Kier alpha value is -2.74. The van der Waals surface area contributed by atoms with Gasteiger partial charge in [-0.25, -0.2) is 0 Å². The molecule has 0 aliphatic heterocycles. The largest absolute Gasteiger partial charge is 0.496 e. The monoisotopic (exact) mass is 503 g/mol. The first-order valence-electron chi connectivity index (χ1n) is 13.4. The van der Waals surface area contributed by atoms with Gasteiger partial charge in [0.15, 0.2) is 0 Å². The van der Waals surface area contributed by atoms with E-state index >= 15 is 0 Å². The lowest BCUT2D eigenvalue weighted by Crippen LogP contribution is -2.12. The van der Waals surface area contributed by atoms with Gasteiger partial charge in [-0.3, -0.25) is 0 Å². The molecule has 3 aromatic rings. The molecule has 37 heavy (non-hydrogen) atoms. The van der Waals surface area contributed by atoms with Crippen LogP contribution in [-0.2, 0) is 16.2 Å². The molecule has 0 unspecified atom stereocenters. The van der Waals surface area contributed by atoms with Gasteiger partial charge in [0.25, 0.3) is 0 Å². The molecule has 0 saturated heterocycles. The summed E-state index contributed by atoms with van der Waals surface area (Å²) >= 11 is 0. The Labute approximate surface area is 229 Å². The average Bonchev–Trinajstić information content (AvgIpc) is 2.78. The van der Waals surface area contributed by atoms with E-state index in [0.717, 1.165) is 5.75 Å². The summed E-state index contributed by atoms with van der Waals surface area (Å²) in [5.41, 5.74) is 8.58. The van der Waals surface area contributed by atoms with E-state index in [9.17, 15) is 0 Å². The van der Waals surface area contributed by atoms with Crippen LogP contribution in [0.2, 0.25) is 0 Å². The molecule has 2 nitrogen and oxygen atoms in total. The summed E-state index contributed by atoms with van der Waals surface area (Å²) in [4.78, 5) is 2.12. The van der Waals surface area contributed by atoms with Crippen molar-refractivity contribution < 1.29 is 4.74 Å². The summed E-state index contributed by atoms with van der Waals surface area (Å²) in [6.07, 6.45) is 0. The van der Waals surface area contributed by atoms with Crippen LogP contribution in [0.1, 0.15) is 90.1 Å².